The van der Waals surface area contributed by atoms with Crippen LogP contribution < -0.4 is 15.8 Å². The van der Waals surface area contributed by atoms with Gasteiger partial charge in [-0.3, -0.25) is 4.79 Å². The number of piperidine rings is 1. The zero-order valence-corrected chi connectivity index (χ0v) is 17.4. The highest BCUT2D eigenvalue weighted by molar-refractivity contribution is 7.89. The van der Waals surface area contributed by atoms with E-state index in [1.165, 1.54) is 4.31 Å². The molecule has 154 valence electrons. The van der Waals surface area contributed by atoms with E-state index in [0.717, 1.165) is 12.8 Å². The van der Waals surface area contributed by atoms with Crippen molar-refractivity contribution in [3.8, 4) is 5.75 Å². The molecule has 0 saturated carbocycles. The number of ether oxygens (including phenoxy) is 1. The van der Waals surface area contributed by atoms with E-state index in [2.05, 4.69) is 5.32 Å². The lowest BCUT2D eigenvalue weighted by Crippen LogP contribution is -2.43. The lowest BCUT2D eigenvalue weighted by molar-refractivity contribution is -0.126. The van der Waals surface area contributed by atoms with Crippen LogP contribution in [-0.2, 0) is 14.8 Å². The first-order valence-corrected chi connectivity index (χ1v) is 10.6. The lowest BCUT2D eigenvalue weighted by Gasteiger charge is -2.30. The summed E-state index contributed by atoms with van der Waals surface area (Å²) in [5, 5.41) is 2.91. The van der Waals surface area contributed by atoms with Crippen LogP contribution in [0.15, 0.2) is 29.2 Å². The summed E-state index contributed by atoms with van der Waals surface area (Å²) in [6, 6.07) is 6.46. The summed E-state index contributed by atoms with van der Waals surface area (Å²) in [6.45, 7) is 4.38. The third-order valence-corrected chi connectivity index (χ3v) is 6.44. The van der Waals surface area contributed by atoms with Gasteiger partial charge < -0.3 is 15.8 Å². The molecule has 7 nitrogen and oxygen atoms in total. The molecule has 1 heterocycles. The molecule has 0 aliphatic carbocycles. The van der Waals surface area contributed by atoms with E-state index < -0.39 is 10.0 Å². The van der Waals surface area contributed by atoms with Crippen molar-refractivity contribution in [3.05, 3.63) is 24.3 Å². The molecule has 0 aromatic heterocycles. The molecule has 0 unspecified atom stereocenters. The van der Waals surface area contributed by atoms with Gasteiger partial charge in [0.15, 0.2) is 0 Å². The zero-order valence-electron chi connectivity index (χ0n) is 15.7. The summed E-state index contributed by atoms with van der Waals surface area (Å²) in [5.74, 6) is 0.538. The van der Waals surface area contributed by atoms with Gasteiger partial charge in [-0.15, -0.1) is 12.4 Å². The summed E-state index contributed by atoms with van der Waals surface area (Å²) in [7, 11) is -3.53. The first kappa shape index (κ1) is 23.7. The van der Waals surface area contributed by atoms with Gasteiger partial charge in [-0.05, 0) is 63.4 Å². The van der Waals surface area contributed by atoms with Crippen molar-refractivity contribution in [1.29, 1.82) is 0 Å². The van der Waals surface area contributed by atoms with Crippen LogP contribution in [0.3, 0.4) is 0 Å². The number of nitrogens with two attached hydrogens (primary N) is 1. The molecule has 1 saturated heterocycles. The number of hydrogen-bond donors (Lipinski definition) is 2. The number of sulfonamides is 1. The Labute approximate surface area is 168 Å². The Hall–Kier alpha value is -1.35. The predicted octanol–water partition coefficient (Wildman–Crippen LogP) is 1.76. The van der Waals surface area contributed by atoms with E-state index in [4.69, 9.17) is 10.5 Å². The average Bonchev–Trinajstić information content (AvgIpc) is 2.66. The van der Waals surface area contributed by atoms with E-state index >= 15 is 0 Å². The van der Waals surface area contributed by atoms with Gasteiger partial charge >= 0.3 is 0 Å². The summed E-state index contributed by atoms with van der Waals surface area (Å²) in [4.78, 5) is 12.4. The smallest absolute Gasteiger partial charge is 0.243 e. The Morgan fingerprint density at radius 1 is 1.22 bits per heavy atom. The van der Waals surface area contributed by atoms with Crippen molar-refractivity contribution in [2.24, 2.45) is 11.7 Å². The van der Waals surface area contributed by atoms with Crippen LogP contribution in [0.25, 0.3) is 0 Å². The Bertz CT molecular complexity index is 674. The molecule has 1 aromatic carbocycles. The van der Waals surface area contributed by atoms with E-state index in [1.54, 1.807) is 24.3 Å². The number of unbranched alkanes of at least 4 members (excludes halogenated alkanes) is 1. The number of benzene rings is 1. The Balaban J connectivity index is 0.00000364. The van der Waals surface area contributed by atoms with Gasteiger partial charge in [0.25, 0.3) is 0 Å². The molecule has 1 fully saturated rings. The number of rotatable bonds is 9. The van der Waals surface area contributed by atoms with E-state index in [9.17, 15) is 13.2 Å². The predicted molar refractivity (Wildman–Crippen MR) is 108 cm³/mol. The zero-order chi connectivity index (χ0) is 19.0. The van der Waals surface area contributed by atoms with Crippen LogP contribution in [0.2, 0.25) is 0 Å². The van der Waals surface area contributed by atoms with Crippen molar-refractivity contribution in [2.45, 2.75) is 37.5 Å². The number of nitrogens with one attached hydrogen (secondary N) is 1. The number of amides is 1. The lowest BCUT2D eigenvalue weighted by atomic mass is 9.97. The maximum absolute atomic E-state index is 12.7. The van der Waals surface area contributed by atoms with Crippen molar-refractivity contribution in [1.82, 2.24) is 9.62 Å². The highest BCUT2D eigenvalue weighted by atomic mass is 35.5. The van der Waals surface area contributed by atoms with Crippen molar-refractivity contribution in [3.63, 3.8) is 0 Å². The topological polar surface area (TPSA) is 102 Å². The van der Waals surface area contributed by atoms with Crippen molar-refractivity contribution in [2.75, 3.05) is 32.8 Å². The van der Waals surface area contributed by atoms with Crippen LogP contribution in [0.1, 0.15) is 32.6 Å². The normalized spacial score (nSPS) is 15.8. The van der Waals surface area contributed by atoms with Gasteiger partial charge in [0.05, 0.1) is 11.5 Å². The van der Waals surface area contributed by atoms with Gasteiger partial charge in [-0.2, -0.15) is 4.31 Å². The SMILES string of the molecule is CCOc1ccc(S(=O)(=O)N2CCC(C(=O)NCCCCN)CC2)cc1.Cl. The minimum absolute atomic E-state index is 0. The number of carbonyl (C=O) groups is 1. The highest BCUT2D eigenvalue weighted by Crippen LogP contribution is 2.25. The monoisotopic (exact) mass is 419 g/mol. The molecule has 3 N–H and O–H groups in total. The maximum Gasteiger partial charge on any atom is 0.243 e. The summed E-state index contributed by atoms with van der Waals surface area (Å²) < 4.78 is 32.3. The van der Waals surface area contributed by atoms with E-state index in [0.29, 0.717) is 51.4 Å². The number of hydrogen-bond acceptors (Lipinski definition) is 5. The molecule has 1 aromatic rings. The first-order valence-electron chi connectivity index (χ1n) is 9.19. The molecule has 9 heteroatoms. The fourth-order valence-corrected chi connectivity index (χ4v) is 4.48. The minimum Gasteiger partial charge on any atom is -0.494 e. The second-order valence-electron chi connectivity index (χ2n) is 6.37. The molecular weight excluding hydrogens is 390 g/mol. The molecule has 1 aliphatic rings. The fraction of sp³-hybridized carbons (Fsp3) is 0.611. The highest BCUT2D eigenvalue weighted by Gasteiger charge is 2.31. The van der Waals surface area contributed by atoms with Gasteiger partial charge in [0.1, 0.15) is 5.75 Å². The number of nitrogens with zero attached hydrogens (tertiary/aromatic N) is 1. The maximum atomic E-state index is 12.7. The van der Waals surface area contributed by atoms with E-state index in [-0.39, 0.29) is 29.1 Å². The summed E-state index contributed by atoms with van der Waals surface area (Å²) in [6.07, 6.45) is 2.84. The molecule has 1 aliphatic heterocycles. The molecule has 0 spiro atoms. The van der Waals surface area contributed by atoms with Crippen LogP contribution in [0, 0.1) is 5.92 Å². The molecule has 1 amide bonds. The Kier molecular flexibility index (Phi) is 10.1. The molecule has 0 radical (unpaired) electrons. The number of carbonyl (C=O) groups excluding carboxylic acids is 1. The Morgan fingerprint density at radius 3 is 2.41 bits per heavy atom. The van der Waals surface area contributed by atoms with Crippen LogP contribution >= 0.6 is 12.4 Å². The Morgan fingerprint density at radius 2 is 1.85 bits per heavy atom. The van der Waals surface area contributed by atoms with Crippen molar-refractivity contribution < 1.29 is 17.9 Å². The molecular formula is C18H30ClN3O4S. The average molecular weight is 420 g/mol. The second kappa shape index (κ2) is 11.5. The summed E-state index contributed by atoms with van der Waals surface area (Å²) in [5.41, 5.74) is 5.43. The van der Waals surface area contributed by atoms with Gasteiger partial charge in [0, 0.05) is 25.6 Å². The standard InChI is InChI=1S/C18H29N3O4S.ClH/c1-2-25-16-5-7-17(8-6-16)26(23,24)21-13-9-15(10-14-21)18(22)20-12-4-3-11-19;/h5-8,15H,2-4,9-14,19H2,1H3,(H,20,22);1H. The third-order valence-electron chi connectivity index (χ3n) is 4.53. The summed E-state index contributed by atoms with van der Waals surface area (Å²) >= 11 is 0. The molecule has 27 heavy (non-hydrogen) atoms. The fourth-order valence-electron chi connectivity index (χ4n) is 3.01. The third kappa shape index (κ3) is 6.64. The van der Waals surface area contributed by atoms with Crippen molar-refractivity contribution >= 4 is 28.3 Å². The largest absolute Gasteiger partial charge is 0.494 e. The van der Waals surface area contributed by atoms with Crippen LogP contribution in [-0.4, -0.2) is 51.4 Å². The second-order valence-corrected chi connectivity index (χ2v) is 8.31. The molecule has 0 bridgehead atoms. The van der Waals surface area contributed by atoms with Gasteiger partial charge in [-0.1, -0.05) is 0 Å². The van der Waals surface area contributed by atoms with Gasteiger partial charge in [-0.25, -0.2) is 8.42 Å². The van der Waals surface area contributed by atoms with Crippen LogP contribution in [0.4, 0.5) is 0 Å². The number of halogens is 1. The van der Waals surface area contributed by atoms with Crippen LogP contribution in [0.5, 0.6) is 5.75 Å². The molecule has 0 atom stereocenters. The minimum atomic E-state index is -3.53. The van der Waals surface area contributed by atoms with Gasteiger partial charge in [0.2, 0.25) is 15.9 Å². The molecule has 2 rings (SSSR count). The quantitative estimate of drug-likeness (QED) is 0.594. The first-order chi connectivity index (χ1) is 12.5. The van der Waals surface area contributed by atoms with E-state index in [1.807, 2.05) is 6.92 Å².